The molecule has 0 aliphatic carbocycles. The van der Waals surface area contributed by atoms with Gasteiger partial charge < -0.3 is 9.16 Å². The molecule has 0 spiro atoms. The van der Waals surface area contributed by atoms with E-state index in [4.69, 9.17) is 9.16 Å². The van der Waals surface area contributed by atoms with Gasteiger partial charge >= 0.3 is 0 Å². The van der Waals surface area contributed by atoms with Crippen LogP contribution in [0.4, 0.5) is 0 Å². The van der Waals surface area contributed by atoms with Crippen LogP contribution in [0.25, 0.3) is 5.57 Å². The van der Waals surface area contributed by atoms with Gasteiger partial charge in [0, 0.05) is 12.2 Å². The zero-order chi connectivity index (χ0) is 23.0. The van der Waals surface area contributed by atoms with Crippen molar-refractivity contribution in [1.29, 1.82) is 0 Å². The quantitative estimate of drug-likeness (QED) is 0.264. The standard InChI is InChI=1S/C29H36O2Si/c1-24(27-21-12-13-22-28(27)30-5)16-14-15-23-31-32(29(2,3)4,25-17-8-6-9-18-25)26-19-10-7-11-20-26/h6-13,17-22H,1,14-16,23H2,2-5H3. The number of methoxy groups -OCH3 is 1. The Morgan fingerprint density at radius 3 is 1.84 bits per heavy atom. The first-order chi connectivity index (χ1) is 15.4. The van der Waals surface area contributed by atoms with Crippen molar-refractivity contribution in [2.75, 3.05) is 13.7 Å². The molecule has 2 nitrogen and oxygen atoms in total. The molecule has 0 aliphatic rings. The Bertz CT molecular complexity index is 951. The fraction of sp³-hybridized carbons (Fsp3) is 0.310. The molecule has 0 atom stereocenters. The molecule has 0 amide bonds. The molecule has 0 N–H and O–H groups in total. The van der Waals surface area contributed by atoms with Gasteiger partial charge in [0.25, 0.3) is 8.32 Å². The Morgan fingerprint density at radius 2 is 1.31 bits per heavy atom. The lowest BCUT2D eigenvalue weighted by Gasteiger charge is -2.43. The summed E-state index contributed by atoms with van der Waals surface area (Å²) in [5.41, 5.74) is 2.22. The van der Waals surface area contributed by atoms with Gasteiger partial charge in [0.2, 0.25) is 0 Å². The van der Waals surface area contributed by atoms with E-state index in [0.717, 1.165) is 42.8 Å². The minimum Gasteiger partial charge on any atom is -0.496 e. The lowest BCUT2D eigenvalue weighted by atomic mass is 10.0. The number of hydrogen-bond donors (Lipinski definition) is 0. The van der Waals surface area contributed by atoms with Crippen molar-refractivity contribution in [3.05, 3.63) is 97.1 Å². The van der Waals surface area contributed by atoms with Crippen molar-refractivity contribution in [3.63, 3.8) is 0 Å². The van der Waals surface area contributed by atoms with Crippen molar-refractivity contribution in [2.24, 2.45) is 0 Å². The highest BCUT2D eigenvalue weighted by Crippen LogP contribution is 2.37. The van der Waals surface area contributed by atoms with E-state index in [2.05, 4.69) is 94.1 Å². The second kappa shape index (κ2) is 10.8. The van der Waals surface area contributed by atoms with Gasteiger partial charge in [-0.25, -0.2) is 0 Å². The Morgan fingerprint density at radius 1 is 0.781 bits per heavy atom. The van der Waals surface area contributed by atoms with Crippen LogP contribution in [0.1, 0.15) is 45.6 Å². The van der Waals surface area contributed by atoms with E-state index in [1.807, 2.05) is 18.2 Å². The van der Waals surface area contributed by atoms with Crippen LogP contribution in [-0.4, -0.2) is 22.0 Å². The molecule has 0 fully saturated rings. The van der Waals surface area contributed by atoms with Crippen molar-refractivity contribution in [3.8, 4) is 5.75 Å². The maximum absolute atomic E-state index is 6.98. The van der Waals surface area contributed by atoms with Crippen LogP contribution in [0, 0.1) is 0 Å². The number of para-hydroxylation sites is 1. The zero-order valence-electron chi connectivity index (χ0n) is 19.9. The number of hydrogen-bond acceptors (Lipinski definition) is 2. The molecule has 0 radical (unpaired) electrons. The molecule has 0 heterocycles. The molecule has 32 heavy (non-hydrogen) atoms. The Balaban J connectivity index is 1.73. The second-order valence-corrected chi connectivity index (χ2v) is 13.6. The average molecular weight is 445 g/mol. The minimum atomic E-state index is -2.45. The van der Waals surface area contributed by atoms with E-state index in [0.29, 0.717) is 0 Å². The maximum Gasteiger partial charge on any atom is 0.261 e. The maximum atomic E-state index is 6.98. The molecule has 3 aromatic rings. The van der Waals surface area contributed by atoms with Gasteiger partial charge in [-0.05, 0) is 46.3 Å². The van der Waals surface area contributed by atoms with Gasteiger partial charge in [-0.1, -0.05) is 106 Å². The number of ether oxygens (including phenoxy) is 1. The highest BCUT2D eigenvalue weighted by atomic mass is 28.4. The first-order valence-electron chi connectivity index (χ1n) is 11.5. The van der Waals surface area contributed by atoms with E-state index in [1.165, 1.54) is 10.4 Å². The van der Waals surface area contributed by atoms with Gasteiger partial charge in [0.1, 0.15) is 5.75 Å². The number of allylic oxidation sites excluding steroid dienone is 1. The predicted molar refractivity (Wildman–Crippen MR) is 139 cm³/mol. The van der Waals surface area contributed by atoms with E-state index in [1.54, 1.807) is 7.11 Å². The largest absolute Gasteiger partial charge is 0.496 e. The molecule has 3 rings (SSSR count). The molecule has 3 aromatic carbocycles. The summed E-state index contributed by atoms with van der Waals surface area (Å²) >= 11 is 0. The summed E-state index contributed by atoms with van der Waals surface area (Å²) in [6, 6.07) is 29.8. The molecule has 168 valence electrons. The van der Waals surface area contributed by atoms with Crippen LogP contribution >= 0.6 is 0 Å². The molecule has 3 heteroatoms. The average Bonchev–Trinajstić information content (AvgIpc) is 2.81. The van der Waals surface area contributed by atoms with Crippen LogP contribution in [-0.2, 0) is 4.43 Å². The lowest BCUT2D eigenvalue weighted by molar-refractivity contribution is 0.289. The molecule has 0 aromatic heterocycles. The van der Waals surface area contributed by atoms with E-state index in [9.17, 15) is 0 Å². The smallest absolute Gasteiger partial charge is 0.261 e. The number of rotatable bonds is 10. The van der Waals surface area contributed by atoms with Crippen molar-refractivity contribution in [1.82, 2.24) is 0 Å². The molecular formula is C29H36O2Si. The topological polar surface area (TPSA) is 18.5 Å². The first-order valence-corrected chi connectivity index (χ1v) is 13.4. The van der Waals surface area contributed by atoms with Crippen LogP contribution < -0.4 is 15.1 Å². The summed E-state index contributed by atoms with van der Waals surface area (Å²) in [6.45, 7) is 12.0. The summed E-state index contributed by atoms with van der Waals surface area (Å²) in [5, 5.41) is 2.67. The third kappa shape index (κ3) is 5.23. The summed E-state index contributed by atoms with van der Waals surface area (Å²) in [6.07, 6.45) is 2.97. The molecule has 0 saturated carbocycles. The molecule has 0 aliphatic heterocycles. The van der Waals surface area contributed by atoms with E-state index >= 15 is 0 Å². The zero-order valence-corrected chi connectivity index (χ0v) is 20.9. The van der Waals surface area contributed by atoms with Gasteiger partial charge in [-0.15, -0.1) is 0 Å². The monoisotopic (exact) mass is 444 g/mol. The Hall–Kier alpha value is -2.62. The lowest BCUT2D eigenvalue weighted by Crippen LogP contribution is -2.66. The number of unbranched alkanes of at least 4 members (excludes halogenated alkanes) is 1. The molecular weight excluding hydrogens is 408 g/mol. The van der Waals surface area contributed by atoms with E-state index < -0.39 is 8.32 Å². The Labute approximate surface area is 195 Å². The minimum absolute atomic E-state index is 0.0106. The summed E-state index contributed by atoms with van der Waals surface area (Å²) in [5.74, 6) is 0.890. The van der Waals surface area contributed by atoms with Crippen molar-refractivity contribution in [2.45, 2.75) is 45.1 Å². The van der Waals surface area contributed by atoms with Crippen LogP contribution in [0.15, 0.2) is 91.5 Å². The van der Waals surface area contributed by atoms with Gasteiger partial charge in [0.05, 0.1) is 7.11 Å². The highest BCUT2D eigenvalue weighted by Gasteiger charge is 2.49. The van der Waals surface area contributed by atoms with Crippen LogP contribution in [0.2, 0.25) is 5.04 Å². The van der Waals surface area contributed by atoms with Gasteiger partial charge in [-0.2, -0.15) is 0 Å². The fourth-order valence-corrected chi connectivity index (χ4v) is 9.10. The second-order valence-electron chi connectivity index (χ2n) is 9.27. The molecule has 0 bridgehead atoms. The SMILES string of the molecule is C=C(CCCCO[Si](c1ccccc1)(c1ccccc1)C(C)(C)C)c1ccccc1OC. The normalized spacial score (nSPS) is 11.9. The summed E-state index contributed by atoms with van der Waals surface area (Å²) < 4.78 is 12.5. The first kappa shape index (κ1) is 24.0. The van der Waals surface area contributed by atoms with Gasteiger partial charge in [-0.3, -0.25) is 0 Å². The van der Waals surface area contributed by atoms with Crippen molar-refractivity contribution >= 4 is 24.3 Å². The Kier molecular flexibility index (Phi) is 8.11. The number of benzene rings is 3. The third-order valence-corrected chi connectivity index (χ3v) is 11.1. The van der Waals surface area contributed by atoms with Gasteiger partial charge in [0.15, 0.2) is 0 Å². The van der Waals surface area contributed by atoms with Crippen molar-refractivity contribution < 1.29 is 9.16 Å². The summed E-state index contributed by atoms with van der Waals surface area (Å²) in [4.78, 5) is 0. The van der Waals surface area contributed by atoms with E-state index in [-0.39, 0.29) is 5.04 Å². The highest BCUT2D eigenvalue weighted by molar-refractivity contribution is 6.99. The van der Waals surface area contributed by atoms with Crippen LogP contribution in [0.5, 0.6) is 5.75 Å². The predicted octanol–water partition coefficient (Wildman–Crippen LogP) is 6.46. The third-order valence-electron chi connectivity index (χ3n) is 6.10. The summed E-state index contributed by atoms with van der Waals surface area (Å²) in [7, 11) is -0.735. The molecule has 0 unspecified atom stereocenters. The fourth-order valence-electron chi connectivity index (χ4n) is 4.50. The molecule has 0 saturated heterocycles. The van der Waals surface area contributed by atoms with Crippen LogP contribution in [0.3, 0.4) is 0 Å².